The molecule has 1 fully saturated rings. The van der Waals surface area contributed by atoms with Crippen molar-refractivity contribution < 1.29 is 14.3 Å². The van der Waals surface area contributed by atoms with Crippen LogP contribution in [0.25, 0.3) is 0 Å². The molecule has 0 heterocycles. The molecule has 0 radical (unpaired) electrons. The molecule has 2 rings (SSSR count). The summed E-state index contributed by atoms with van der Waals surface area (Å²) in [6.07, 6.45) is -0.589. The summed E-state index contributed by atoms with van der Waals surface area (Å²) in [6.45, 7) is 5.09. The minimum atomic E-state index is -1.10. The number of esters is 1. The molecule has 0 saturated heterocycles. The third-order valence-corrected chi connectivity index (χ3v) is 4.78. The van der Waals surface area contributed by atoms with E-state index in [0.29, 0.717) is 12.1 Å². The Kier molecular flexibility index (Phi) is 4.22. The zero-order valence-corrected chi connectivity index (χ0v) is 13.6. The maximum atomic E-state index is 12.0. The lowest BCUT2D eigenvalue weighted by atomic mass is 10.1. The minimum Gasteiger partial charge on any atom is -0.452 e. The number of carbonyl (C=O) groups excluding carboxylic acids is 2. The third-order valence-electron chi connectivity index (χ3n) is 3.68. The van der Waals surface area contributed by atoms with Crippen LogP contribution < -0.4 is 5.32 Å². The Bertz CT molecular complexity index is 571. The Morgan fingerprint density at radius 2 is 1.81 bits per heavy atom. The first-order valence-corrected chi connectivity index (χ1v) is 7.38. The molecular weight excluding hydrogens is 313 g/mol. The molecule has 1 aromatic rings. The first kappa shape index (κ1) is 16.1. The standard InChI is InChI=1S/C15H17Cl2NO3/c1-9-4-6-11(7-5-9)18-12(19)10(2)21-13(20)14(3)8-15(14,16)17/h4-7,10H,8H2,1-3H3,(H,18,19)/t10-,14-/m1/s1. The van der Waals surface area contributed by atoms with Gasteiger partial charge in [0.2, 0.25) is 0 Å². The summed E-state index contributed by atoms with van der Waals surface area (Å²) < 4.78 is 4.05. The van der Waals surface area contributed by atoms with Gasteiger partial charge in [-0.1, -0.05) is 17.7 Å². The summed E-state index contributed by atoms with van der Waals surface area (Å²) in [5, 5.41) is 2.68. The van der Waals surface area contributed by atoms with Crippen molar-refractivity contribution in [1.82, 2.24) is 0 Å². The quantitative estimate of drug-likeness (QED) is 0.679. The van der Waals surface area contributed by atoms with Crippen molar-refractivity contribution in [3.05, 3.63) is 29.8 Å². The van der Waals surface area contributed by atoms with Crippen LogP contribution in [0.4, 0.5) is 5.69 Å². The maximum Gasteiger partial charge on any atom is 0.315 e. The number of amides is 1. The molecule has 1 amide bonds. The minimum absolute atomic E-state index is 0.328. The summed E-state index contributed by atoms with van der Waals surface area (Å²) in [5.74, 6) is -0.953. The van der Waals surface area contributed by atoms with Gasteiger partial charge < -0.3 is 10.1 Å². The van der Waals surface area contributed by atoms with Gasteiger partial charge in [-0.05, 0) is 32.9 Å². The molecule has 6 heteroatoms. The molecule has 0 bridgehead atoms. The molecule has 0 aromatic heterocycles. The van der Waals surface area contributed by atoms with Crippen LogP contribution in [0, 0.1) is 12.3 Å². The summed E-state index contributed by atoms with van der Waals surface area (Å²) in [6, 6.07) is 7.33. The van der Waals surface area contributed by atoms with Crippen LogP contribution in [0.3, 0.4) is 0 Å². The Morgan fingerprint density at radius 1 is 1.29 bits per heavy atom. The molecule has 0 spiro atoms. The average molecular weight is 330 g/mol. The third kappa shape index (κ3) is 3.33. The van der Waals surface area contributed by atoms with Crippen LogP contribution in [0.15, 0.2) is 24.3 Å². The molecule has 1 N–H and O–H groups in total. The second-order valence-electron chi connectivity index (χ2n) is 5.62. The van der Waals surface area contributed by atoms with E-state index < -0.39 is 27.7 Å². The molecular formula is C15H17Cl2NO3. The van der Waals surface area contributed by atoms with E-state index in [0.717, 1.165) is 5.56 Å². The summed E-state index contributed by atoms with van der Waals surface area (Å²) >= 11 is 11.8. The number of halogens is 2. The molecule has 1 aliphatic rings. The summed E-state index contributed by atoms with van der Waals surface area (Å²) in [5.41, 5.74) is 0.805. The number of benzene rings is 1. The fraction of sp³-hybridized carbons (Fsp3) is 0.467. The number of nitrogens with one attached hydrogen (secondary N) is 1. The van der Waals surface area contributed by atoms with Crippen LogP contribution in [-0.4, -0.2) is 22.3 Å². The zero-order valence-electron chi connectivity index (χ0n) is 12.1. The summed E-state index contributed by atoms with van der Waals surface area (Å²) in [4.78, 5) is 24.0. The van der Waals surface area contributed by atoms with Gasteiger partial charge in [0.1, 0.15) is 9.75 Å². The van der Waals surface area contributed by atoms with E-state index in [2.05, 4.69) is 5.32 Å². The van der Waals surface area contributed by atoms with E-state index in [9.17, 15) is 9.59 Å². The highest BCUT2D eigenvalue weighted by Crippen LogP contribution is 2.64. The normalized spacial score (nSPS) is 24.0. The fourth-order valence-electron chi connectivity index (χ4n) is 1.85. The van der Waals surface area contributed by atoms with Crippen molar-refractivity contribution in [2.75, 3.05) is 5.32 Å². The zero-order chi connectivity index (χ0) is 15.8. The van der Waals surface area contributed by atoms with Crippen molar-refractivity contribution in [3.63, 3.8) is 0 Å². The number of aryl methyl sites for hydroxylation is 1. The predicted molar refractivity (Wildman–Crippen MR) is 82.5 cm³/mol. The van der Waals surface area contributed by atoms with Crippen molar-refractivity contribution in [1.29, 1.82) is 0 Å². The van der Waals surface area contributed by atoms with Crippen molar-refractivity contribution >= 4 is 40.8 Å². The van der Waals surface area contributed by atoms with Crippen molar-refractivity contribution in [2.45, 2.75) is 37.6 Å². The van der Waals surface area contributed by atoms with Gasteiger partial charge in [0.25, 0.3) is 5.91 Å². The number of anilines is 1. The van der Waals surface area contributed by atoms with Gasteiger partial charge in [-0.3, -0.25) is 9.59 Å². The molecule has 1 aliphatic carbocycles. The highest BCUT2D eigenvalue weighted by molar-refractivity contribution is 6.53. The van der Waals surface area contributed by atoms with Gasteiger partial charge in [0.15, 0.2) is 6.10 Å². The van der Waals surface area contributed by atoms with Gasteiger partial charge >= 0.3 is 5.97 Å². The highest BCUT2D eigenvalue weighted by Gasteiger charge is 2.69. The van der Waals surface area contributed by atoms with E-state index in [4.69, 9.17) is 27.9 Å². The summed E-state index contributed by atoms with van der Waals surface area (Å²) in [7, 11) is 0. The molecule has 21 heavy (non-hydrogen) atoms. The van der Waals surface area contributed by atoms with Crippen LogP contribution in [0.5, 0.6) is 0 Å². The van der Waals surface area contributed by atoms with Crippen LogP contribution in [0.1, 0.15) is 25.8 Å². The molecule has 1 saturated carbocycles. The Morgan fingerprint density at radius 3 is 2.29 bits per heavy atom. The number of carbonyl (C=O) groups is 2. The van der Waals surface area contributed by atoms with Crippen LogP contribution in [0.2, 0.25) is 0 Å². The van der Waals surface area contributed by atoms with Gasteiger partial charge in [-0.2, -0.15) is 0 Å². The first-order valence-electron chi connectivity index (χ1n) is 6.62. The van der Waals surface area contributed by atoms with Crippen LogP contribution in [-0.2, 0) is 14.3 Å². The average Bonchev–Trinajstić information content (AvgIpc) is 2.92. The predicted octanol–water partition coefficient (Wildman–Crippen LogP) is 3.45. The topological polar surface area (TPSA) is 55.4 Å². The Hall–Kier alpha value is -1.26. The molecule has 4 nitrogen and oxygen atoms in total. The van der Waals surface area contributed by atoms with Gasteiger partial charge in [-0.15, -0.1) is 23.2 Å². The molecule has 0 unspecified atom stereocenters. The molecule has 114 valence electrons. The second-order valence-corrected chi connectivity index (χ2v) is 7.10. The van der Waals surface area contributed by atoms with Crippen LogP contribution >= 0.6 is 23.2 Å². The number of hydrogen-bond donors (Lipinski definition) is 1. The Balaban J connectivity index is 1.91. The lowest BCUT2D eigenvalue weighted by molar-refractivity contribution is -0.158. The van der Waals surface area contributed by atoms with Crippen molar-refractivity contribution in [3.8, 4) is 0 Å². The number of hydrogen-bond acceptors (Lipinski definition) is 3. The van der Waals surface area contributed by atoms with Gasteiger partial charge in [-0.25, -0.2) is 0 Å². The second kappa shape index (κ2) is 5.50. The van der Waals surface area contributed by atoms with Crippen molar-refractivity contribution in [2.24, 2.45) is 5.41 Å². The molecule has 0 aliphatic heterocycles. The lowest BCUT2D eigenvalue weighted by Gasteiger charge is -2.17. The van der Waals surface area contributed by atoms with Gasteiger partial charge in [0, 0.05) is 12.1 Å². The largest absolute Gasteiger partial charge is 0.452 e. The lowest BCUT2D eigenvalue weighted by Crippen LogP contribution is -2.33. The highest BCUT2D eigenvalue weighted by atomic mass is 35.5. The number of ether oxygens (including phenoxy) is 1. The van der Waals surface area contributed by atoms with E-state index in [1.807, 2.05) is 19.1 Å². The van der Waals surface area contributed by atoms with E-state index >= 15 is 0 Å². The monoisotopic (exact) mass is 329 g/mol. The smallest absolute Gasteiger partial charge is 0.315 e. The first-order chi connectivity index (χ1) is 9.65. The number of rotatable bonds is 4. The molecule has 1 aromatic carbocycles. The van der Waals surface area contributed by atoms with E-state index in [-0.39, 0.29) is 0 Å². The molecule has 2 atom stereocenters. The van der Waals surface area contributed by atoms with E-state index in [1.165, 1.54) is 6.92 Å². The fourth-order valence-corrected chi connectivity index (χ4v) is 2.54. The maximum absolute atomic E-state index is 12.0. The van der Waals surface area contributed by atoms with E-state index in [1.54, 1.807) is 19.1 Å². The van der Waals surface area contributed by atoms with Gasteiger partial charge in [0.05, 0.1) is 0 Å². The Labute approximate surface area is 133 Å². The SMILES string of the molecule is Cc1ccc(NC(=O)[C@@H](C)OC(=O)[C@@]2(C)CC2(Cl)Cl)cc1. The number of alkyl halides is 2.